The Balaban J connectivity index is 2.18. The summed E-state index contributed by atoms with van der Waals surface area (Å²) >= 11 is 3.41. The highest BCUT2D eigenvalue weighted by atomic mass is 32.1. The van der Waals surface area contributed by atoms with Crippen molar-refractivity contribution in [2.24, 2.45) is 0 Å². The van der Waals surface area contributed by atoms with Crippen LogP contribution in [0.4, 0.5) is 5.13 Å². The molecule has 80 valence electrons. The number of hydrogen-bond acceptors (Lipinski definition) is 4. The van der Waals surface area contributed by atoms with E-state index in [0.717, 1.165) is 10.8 Å². The molecule has 2 heterocycles. The summed E-state index contributed by atoms with van der Waals surface area (Å²) in [6.07, 6.45) is 0. The number of nitrogens with zero attached hydrogens (tertiary/aromatic N) is 1. The van der Waals surface area contributed by atoms with Crippen LogP contribution in [0.2, 0.25) is 0 Å². The first-order chi connectivity index (χ1) is 7.88. The molecule has 0 unspecified atom stereocenters. The fraction of sp³-hybridized carbons (Fsp3) is 0.0833. The summed E-state index contributed by atoms with van der Waals surface area (Å²) in [6, 6.07) is 8.45. The zero-order valence-electron chi connectivity index (χ0n) is 8.73. The van der Waals surface area contributed by atoms with Gasteiger partial charge in [-0.1, -0.05) is 18.2 Å². The van der Waals surface area contributed by atoms with Crippen molar-refractivity contribution in [2.45, 2.75) is 0 Å². The van der Waals surface area contributed by atoms with E-state index in [2.05, 4.69) is 45.3 Å². The molecule has 0 saturated heterocycles. The van der Waals surface area contributed by atoms with Gasteiger partial charge < -0.3 is 5.32 Å². The van der Waals surface area contributed by atoms with Gasteiger partial charge in [0, 0.05) is 33.5 Å². The lowest BCUT2D eigenvalue weighted by Crippen LogP contribution is -1.85. The Hall–Kier alpha value is -1.39. The number of thiazole rings is 1. The molecule has 3 rings (SSSR count). The molecule has 2 aromatic heterocycles. The van der Waals surface area contributed by atoms with Gasteiger partial charge in [-0.25, -0.2) is 4.98 Å². The number of anilines is 1. The minimum absolute atomic E-state index is 0.963. The van der Waals surface area contributed by atoms with E-state index in [1.54, 1.807) is 22.7 Å². The Kier molecular flexibility index (Phi) is 2.38. The molecule has 0 amide bonds. The fourth-order valence-electron chi connectivity index (χ4n) is 1.69. The maximum atomic E-state index is 4.54. The molecular formula is C12H10N2S2. The van der Waals surface area contributed by atoms with Crippen molar-refractivity contribution in [1.82, 2.24) is 4.98 Å². The third-order valence-electron chi connectivity index (χ3n) is 2.47. The van der Waals surface area contributed by atoms with E-state index in [1.165, 1.54) is 15.6 Å². The molecular weight excluding hydrogens is 236 g/mol. The van der Waals surface area contributed by atoms with Crippen molar-refractivity contribution in [3.63, 3.8) is 0 Å². The molecule has 0 saturated carbocycles. The minimum atomic E-state index is 0.963. The third kappa shape index (κ3) is 1.50. The first kappa shape index (κ1) is 9.81. The number of thiophene rings is 1. The molecule has 3 aromatic rings. The maximum absolute atomic E-state index is 4.54. The van der Waals surface area contributed by atoms with E-state index >= 15 is 0 Å². The normalized spacial score (nSPS) is 10.8. The Morgan fingerprint density at radius 2 is 2.00 bits per heavy atom. The molecule has 16 heavy (non-hydrogen) atoms. The predicted molar refractivity (Wildman–Crippen MR) is 72.5 cm³/mol. The number of rotatable bonds is 2. The van der Waals surface area contributed by atoms with Crippen molar-refractivity contribution in [3.8, 4) is 11.3 Å². The van der Waals surface area contributed by atoms with Crippen molar-refractivity contribution in [1.29, 1.82) is 0 Å². The molecule has 4 heteroatoms. The Morgan fingerprint density at radius 1 is 1.12 bits per heavy atom. The van der Waals surface area contributed by atoms with Crippen LogP contribution in [0.1, 0.15) is 0 Å². The van der Waals surface area contributed by atoms with E-state index in [1.807, 2.05) is 7.05 Å². The molecule has 1 aromatic carbocycles. The summed E-state index contributed by atoms with van der Waals surface area (Å²) in [4.78, 5) is 4.54. The van der Waals surface area contributed by atoms with Crippen molar-refractivity contribution < 1.29 is 0 Å². The summed E-state index contributed by atoms with van der Waals surface area (Å²) in [5, 5.41) is 9.60. The van der Waals surface area contributed by atoms with Gasteiger partial charge in [-0.05, 0) is 6.07 Å². The van der Waals surface area contributed by atoms with Gasteiger partial charge in [-0.3, -0.25) is 0 Å². The second kappa shape index (κ2) is 3.88. The van der Waals surface area contributed by atoms with Crippen molar-refractivity contribution >= 4 is 37.9 Å². The predicted octanol–water partition coefficient (Wildman–Crippen LogP) is 4.07. The minimum Gasteiger partial charge on any atom is -0.365 e. The standard InChI is InChI=1S/C12H10N2S2/c1-13-12-14-10(7-16-12)9-6-15-11-5-3-2-4-8(9)11/h2-7H,1H3,(H,13,14). The first-order valence-electron chi connectivity index (χ1n) is 4.98. The highest BCUT2D eigenvalue weighted by Crippen LogP contribution is 2.34. The lowest BCUT2D eigenvalue weighted by atomic mass is 10.1. The largest absolute Gasteiger partial charge is 0.365 e. The van der Waals surface area contributed by atoms with Crippen LogP contribution < -0.4 is 5.32 Å². The third-order valence-corrected chi connectivity index (χ3v) is 4.30. The smallest absolute Gasteiger partial charge is 0.182 e. The van der Waals surface area contributed by atoms with Gasteiger partial charge in [0.25, 0.3) is 0 Å². The lowest BCUT2D eigenvalue weighted by molar-refractivity contribution is 1.37. The van der Waals surface area contributed by atoms with Gasteiger partial charge in [0.1, 0.15) is 0 Å². The van der Waals surface area contributed by atoms with Crippen molar-refractivity contribution in [3.05, 3.63) is 35.0 Å². The van der Waals surface area contributed by atoms with Crippen LogP contribution in [0.5, 0.6) is 0 Å². The number of benzene rings is 1. The second-order valence-electron chi connectivity index (χ2n) is 3.43. The van der Waals surface area contributed by atoms with E-state index in [0.29, 0.717) is 0 Å². The quantitative estimate of drug-likeness (QED) is 0.737. The monoisotopic (exact) mass is 246 g/mol. The topological polar surface area (TPSA) is 24.9 Å². The Labute approximate surface area is 102 Å². The molecule has 0 bridgehead atoms. The lowest BCUT2D eigenvalue weighted by Gasteiger charge is -1.94. The summed E-state index contributed by atoms with van der Waals surface area (Å²) in [5.74, 6) is 0. The number of fused-ring (bicyclic) bond motifs is 1. The van der Waals surface area contributed by atoms with E-state index in [4.69, 9.17) is 0 Å². The van der Waals surface area contributed by atoms with E-state index in [-0.39, 0.29) is 0 Å². The molecule has 1 N–H and O–H groups in total. The average molecular weight is 246 g/mol. The Morgan fingerprint density at radius 3 is 2.81 bits per heavy atom. The fourth-order valence-corrected chi connectivity index (χ4v) is 3.31. The van der Waals surface area contributed by atoms with Crippen LogP contribution in [0.3, 0.4) is 0 Å². The van der Waals surface area contributed by atoms with E-state index < -0.39 is 0 Å². The summed E-state index contributed by atoms with van der Waals surface area (Å²) in [7, 11) is 1.90. The van der Waals surface area contributed by atoms with E-state index in [9.17, 15) is 0 Å². The van der Waals surface area contributed by atoms with Gasteiger partial charge in [-0.15, -0.1) is 22.7 Å². The highest BCUT2D eigenvalue weighted by Gasteiger charge is 2.08. The van der Waals surface area contributed by atoms with Crippen LogP contribution in [0, 0.1) is 0 Å². The number of hydrogen-bond donors (Lipinski definition) is 1. The highest BCUT2D eigenvalue weighted by molar-refractivity contribution is 7.18. The number of aromatic nitrogens is 1. The molecule has 0 radical (unpaired) electrons. The first-order valence-corrected chi connectivity index (χ1v) is 6.74. The summed E-state index contributed by atoms with van der Waals surface area (Å²) < 4.78 is 1.32. The molecule has 0 atom stereocenters. The van der Waals surface area contributed by atoms with Crippen LogP contribution in [-0.4, -0.2) is 12.0 Å². The van der Waals surface area contributed by atoms with Gasteiger partial charge in [0.15, 0.2) is 5.13 Å². The van der Waals surface area contributed by atoms with Gasteiger partial charge in [0.05, 0.1) is 5.69 Å². The van der Waals surface area contributed by atoms with Crippen LogP contribution in [0.25, 0.3) is 21.3 Å². The second-order valence-corrected chi connectivity index (χ2v) is 5.20. The molecule has 0 spiro atoms. The Bertz CT molecular complexity index is 625. The summed E-state index contributed by atoms with van der Waals surface area (Å²) in [6.45, 7) is 0. The SMILES string of the molecule is CNc1nc(-c2csc3ccccc23)cs1. The molecule has 0 fully saturated rings. The van der Waals surface area contributed by atoms with Crippen LogP contribution in [0.15, 0.2) is 35.0 Å². The van der Waals surface area contributed by atoms with Gasteiger partial charge >= 0.3 is 0 Å². The van der Waals surface area contributed by atoms with Crippen LogP contribution >= 0.6 is 22.7 Å². The van der Waals surface area contributed by atoms with Gasteiger partial charge in [-0.2, -0.15) is 0 Å². The molecule has 2 nitrogen and oxygen atoms in total. The number of nitrogens with one attached hydrogen (secondary N) is 1. The molecule has 0 aliphatic heterocycles. The van der Waals surface area contributed by atoms with Gasteiger partial charge in [0.2, 0.25) is 0 Å². The van der Waals surface area contributed by atoms with Crippen molar-refractivity contribution in [2.75, 3.05) is 12.4 Å². The average Bonchev–Trinajstić information content (AvgIpc) is 2.94. The van der Waals surface area contributed by atoms with Crippen LogP contribution in [-0.2, 0) is 0 Å². The zero-order valence-corrected chi connectivity index (χ0v) is 10.4. The zero-order chi connectivity index (χ0) is 11.0. The molecule has 0 aliphatic rings. The summed E-state index contributed by atoms with van der Waals surface area (Å²) in [5.41, 5.74) is 2.30. The molecule has 0 aliphatic carbocycles. The maximum Gasteiger partial charge on any atom is 0.182 e.